The predicted octanol–water partition coefficient (Wildman–Crippen LogP) is 5.03. The van der Waals surface area contributed by atoms with Gasteiger partial charge < -0.3 is 9.32 Å². The molecule has 0 unspecified atom stereocenters. The van der Waals surface area contributed by atoms with Crippen molar-refractivity contribution in [1.29, 1.82) is 0 Å². The van der Waals surface area contributed by atoms with Crippen LogP contribution in [-0.2, 0) is 6.42 Å². The van der Waals surface area contributed by atoms with Gasteiger partial charge in [-0.05, 0) is 31.2 Å². The third-order valence-corrected chi connectivity index (χ3v) is 5.01. The van der Waals surface area contributed by atoms with Crippen LogP contribution in [0.1, 0.15) is 21.6 Å². The van der Waals surface area contributed by atoms with E-state index in [2.05, 4.69) is 9.97 Å². The van der Waals surface area contributed by atoms with Gasteiger partial charge >= 0.3 is 0 Å². The van der Waals surface area contributed by atoms with Crippen molar-refractivity contribution in [3.05, 3.63) is 95.9 Å². The van der Waals surface area contributed by atoms with Crippen molar-refractivity contribution in [2.45, 2.75) is 13.3 Å². The van der Waals surface area contributed by atoms with Crippen molar-refractivity contribution < 1.29 is 9.21 Å². The smallest absolute Gasteiger partial charge is 0.254 e. The SMILES string of the molecule is Cc1ccc(-c2cnc(-c3ccccc3C(=O)N(C)CCc3ccccn3)o2)cc1. The number of hydrogen-bond donors (Lipinski definition) is 0. The second-order valence-corrected chi connectivity index (χ2v) is 7.24. The first-order valence-corrected chi connectivity index (χ1v) is 9.89. The molecule has 2 heterocycles. The third-order valence-electron chi connectivity index (χ3n) is 5.01. The van der Waals surface area contributed by atoms with Crippen molar-refractivity contribution in [2.24, 2.45) is 0 Å². The molecule has 5 heteroatoms. The molecule has 0 spiro atoms. The summed E-state index contributed by atoms with van der Waals surface area (Å²) in [6.07, 6.45) is 4.16. The van der Waals surface area contributed by atoms with Gasteiger partial charge in [-0.2, -0.15) is 0 Å². The minimum atomic E-state index is -0.0726. The van der Waals surface area contributed by atoms with Gasteiger partial charge in [0.1, 0.15) is 0 Å². The molecule has 0 N–H and O–H groups in total. The largest absolute Gasteiger partial charge is 0.436 e. The molecule has 0 radical (unpaired) electrons. The van der Waals surface area contributed by atoms with Gasteiger partial charge in [0.2, 0.25) is 5.89 Å². The topological polar surface area (TPSA) is 59.2 Å². The first-order valence-electron chi connectivity index (χ1n) is 9.89. The molecular formula is C25H23N3O2. The molecule has 0 saturated carbocycles. The Hall–Kier alpha value is -3.73. The fourth-order valence-corrected chi connectivity index (χ4v) is 3.24. The van der Waals surface area contributed by atoms with Gasteiger partial charge in [0.15, 0.2) is 5.76 Å². The van der Waals surface area contributed by atoms with Gasteiger partial charge in [0.05, 0.1) is 11.8 Å². The molecule has 0 fully saturated rings. The third kappa shape index (κ3) is 4.30. The van der Waals surface area contributed by atoms with Crippen LogP contribution in [0.3, 0.4) is 0 Å². The van der Waals surface area contributed by atoms with Crippen LogP contribution in [0, 0.1) is 6.92 Å². The van der Waals surface area contributed by atoms with Crippen molar-refractivity contribution >= 4 is 5.91 Å². The van der Waals surface area contributed by atoms with E-state index in [4.69, 9.17) is 4.42 Å². The Bertz CT molecular complexity index is 1130. The predicted molar refractivity (Wildman–Crippen MR) is 117 cm³/mol. The quantitative estimate of drug-likeness (QED) is 0.458. The molecule has 0 saturated heterocycles. The number of hydrogen-bond acceptors (Lipinski definition) is 4. The van der Waals surface area contributed by atoms with Crippen LogP contribution in [-0.4, -0.2) is 34.4 Å². The minimum absolute atomic E-state index is 0.0726. The first kappa shape index (κ1) is 19.6. The monoisotopic (exact) mass is 397 g/mol. The summed E-state index contributed by atoms with van der Waals surface area (Å²) in [5.41, 5.74) is 4.35. The zero-order valence-electron chi connectivity index (χ0n) is 17.1. The number of pyridine rings is 1. The second-order valence-electron chi connectivity index (χ2n) is 7.24. The minimum Gasteiger partial charge on any atom is -0.436 e. The first-order chi connectivity index (χ1) is 14.6. The van der Waals surface area contributed by atoms with Gasteiger partial charge in [-0.15, -0.1) is 0 Å². The summed E-state index contributed by atoms with van der Waals surface area (Å²) >= 11 is 0. The molecule has 30 heavy (non-hydrogen) atoms. The number of carbonyl (C=O) groups excluding carboxylic acids is 1. The van der Waals surface area contributed by atoms with Crippen LogP contribution in [0.25, 0.3) is 22.8 Å². The zero-order chi connectivity index (χ0) is 20.9. The van der Waals surface area contributed by atoms with Gasteiger partial charge in [-0.3, -0.25) is 9.78 Å². The Morgan fingerprint density at radius 3 is 2.50 bits per heavy atom. The number of rotatable bonds is 6. The van der Waals surface area contributed by atoms with E-state index >= 15 is 0 Å². The molecule has 4 aromatic rings. The normalized spacial score (nSPS) is 10.7. The molecule has 0 aliphatic carbocycles. The van der Waals surface area contributed by atoms with Gasteiger partial charge in [-0.25, -0.2) is 4.98 Å². The molecule has 150 valence electrons. The number of likely N-dealkylation sites (N-methyl/N-ethyl adjacent to an activating group) is 1. The molecule has 0 aliphatic rings. The molecule has 4 rings (SSSR count). The lowest BCUT2D eigenvalue weighted by Gasteiger charge is -2.18. The molecule has 2 aromatic heterocycles. The van der Waals surface area contributed by atoms with Crippen molar-refractivity contribution in [3.63, 3.8) is 0 Å². The van der Waals surface area contributed by atoms with E-state index in [-0.39, 0.29) is 5.91 Å². The Morgan fingerprint density at radius 2 is 1.73 bits per heavy atom. The zero-order valence-corrected chi connectivity index (χ0v) is 17.1. The van der Waals surface area contributed by atoms with E-state index in [0.29, 0.717) is 35.7 Å². The number of oxazole rings is 1. The van der Waals surface area contributed by atoms with Crippen molar-refractivity contribution in [1.82, 2.24) is 14.9 Å². The lowest BCUT2D eigenvalue weighted by Crippen LogP contribution is -2.29. The maximum atomic E-state index is 13.1. The summed E-state index contributed by atoms with van der Waals surface area (Å²) in [5.74, 6) is 1.04. The summed E-state index contributed by atoms with van der Waals surface area (Å²) < 4.78 is 6.00. The van der Waals surface area contributed by atoms with E-state index in [1.165, 1.54) is 5.56 Å². The number of aryl methyl sites for hydroxylation is 1. The van der Waals surface area contributed by atoms with E-state index in [1.807, 2.05) is 73.7 Å². The Labute approximate surface area is 176 Å². The summed E-state index contributed by atoms with van der Waals surface area (Å²) in [5, 5.41) is 0. The lowest BCUT2D eigenvalue weighted by atomic mass is 10.1. The highest BCUT2D eigenvalue weighted by Gasteiger charge is 2.19. The number of nitrogens with zero attached hydrogens (tertiary/aromatic N) is 3. The maximum Gasteiger partial charge on any atom is 0.254 e. The Kier molecular flexibility index (Phi) is 5.70. The Morgan fingerprint density at radius 1 is 0.967 bits per heavy atom. The number of aromatic nitrogens is 2. The highest BCUT2D eigenvalue weighted by molar-refractivity contribution is 5.99. The molecule has 0 aliphatic heterocycles. The average Bonchev–Trinajstić information content (AvgIpc) is 3.28. The second kappa shape index (κ2) is 8.74. The summed E-state index contributed by atoms with van der Waals surface area (Å²) in [4.78, 5) is 23.6. The average molecular weight is 397 g/mol. The van der Waals surface area contributed by atoms with Crippen LogP contribution in [0.5, 0.6) is 0 Å². The number of carbonyl (C=O) groups is 1. The molecule has 0 bridgehead atoms. The van der Waals surface area contributed by atoms with E-state index < -0.39 is 0 Å². The molecule has 5 nitrogen and oxygen atoms in total. The van der Waals surface area contributed by atoms with Gasteiger partial charge in [0.25, 0.3) is 5.91 Å². The van der Waals surface area contributed by atoms with Crippen LogP contribution in [0.4, 0.5) is 0 Å². The van der Waals surface area contributed by atoms with Crippen LogP contribution < -0.4 is 0 Å². The van der Waals surface area contributed by atoms with E-state index in [1.54, 1.807) is 24.3 Å². The number of amides is 1. The van der Waals surface area contributed by atoms with Crippen LogP contribution >= 0.6 is 0 Å². The fourth-order valence-electron chi connectivity index (χ4n) is 3.24. The highest BCUT2D eigenvalue weighted by Crippen LogP contribution is 2.29. The van der Waals surface area contributed by atoms with Crippen LogP contribution in [0.15, 0.2) is 83.5 Å². The fraction of sp³-hybridized carbons (Fsp3) is 0.160. The molecule has 1 amide bonds. The Balaban J connectivity index is 1.55. The molecule has 0 atom stereocenters. The van der Waals surface area contributed by atoms with Crippen molar-refractivity contribution in [3.8, 4) is 22.8 Å². The van der Waals surface area contributed by atoms with E-state index in [9.17, 15) is 4.79 Å². The molecule has 2 aromatic carbocycles. The van der Waals surface area contributed by atoms with E-state index in [0.717, 1.165) is 11.3 Å². The summed E-state index contributed by atoms with van der Waals surface area (Å²) in [6, 6.07) is 21.3. The molecular weight excluding hydrogens is 374 g/mol. The van der Waals surface area contributed by atoms with Crippen LogP contribution in [0.2, 0.25) is 0 Å². The van der Waals surface area contributed by atoms with Gasteiger partial charge in [0, 0.05) is 43.0 Å². The summed E-state index contributed by atoms with van der Waals surface area (Å²) in [6.45, 7) is 2.62. The summed E-state index contributed by atoms with van der Waals surface area (Å²) in [7, 11) is 1.80. The number of benzene rings is 2. The van der Waals surface area contributed by atoms with Gasteiger partial charge in [-0.1, -0.05) is 48.0 Å². The maximum absolute atomic E-state index is 13.1. The van der Waals surface area contributed by atoms with Crippen molar-refractivity contribution in [2.75, 3.05) is 13.6 Å². The standard InChI is InChI=1S/C25H23N3O2/c1-18-10-12-19(13-11-18)23-17-27-24(30-23)21-8-3-4-9-22(21)25(29)28(2)16-14-20-7-5-6-15-26-20/h3-13,15,17H,14,16H2,1-2H3. The lowest BCUT2D eigenvalue weighted by molar-refractivity contribution is 0.0797. The highest BCUT2D eigenvalue weighted by atomic mass is 16.4.